The van der Waals surface area contributed by atoms with E-state index in [1.165, 1.54) is 6.42 Å². The molecule has 0 aliphatic carbocycles. The van der Waals surface area contributed by atoms with Crippen molar-refractivity contribution < 1.29 is 4.79 Å². The van der Waals surface area contributed by atoms with E-state index in [1.54, 1.807) is 10.7 Å². The predicted octanol–water partition coefficient (Wildman–Crippen LogP) is 2.58. The number of piperidine rings is 1. The van der Waals surface area contributed by atoms with Crippen molar-refractivity contribution in [2.45, 2.75) is 12.8 Å². The molecule has 1 unspecified atom stereocenters. The number of likely N-dealkylation sites (tertiary alicyclic amines) is 1. The summed E-state index contributed by atoms with van der Waals surface area (Å²) >= 11 is 3.52. The molecular weight excluding hydrogens is 306 g/mol. The van der Waals surface area contributed by atoms with E-state index >= 15 is 0 Å². The van der Waals surface area contributed by atoms with Gasteiger partial charge in [0, 0.05) is 24.6 Å². The summed E-state index contributed by atoms with van der Waals surface area (Å²) in [4.78, 5) is 14.6. The molecule has 0 radical (unpaired) electrons. The highest BCUT2D eigenvalue weighted by Gasteiger charge is 2.25. The number of fused-ring (bicyclic) bond motifs is 1. The van der Waals surface area contributed by atoms with E-state index in [0.717, 1.165) is 30.4 Å². The molecule has 3 heterocycles. The van der Waals surface area contributed by atoms with Crippen molar-refractivity contribution in [2.24, 2.45) is 5.92 Å². The van der Waals surface area contributed by atoms with Crippen LogP contribution in [0.25, 0.3) is 5.52 Å². The fourth-order valence-electron chi connectivity index (χ4n) is 2.65. The summed E-state index contributed by atoms with van der Waals surface area (Å²) in [5, 5.41) is 5.20. The second-order valence-electron chi connectivity index (χ2n) is 5.00. The number of nitrogens with zero attached hydrogens (tertiary/aromatic N) is 3. The van der Waals surface area contributed by atoms with Gasteiger partial charge >= 0.3 is 0 Å². The van der Waals surface area contributed by atoms with Gasteiger partial charge in [-0.1, -0.05) is 22.0 Å². The van der Waals surface area contributed by atoms with E-state index < -0.39 is 0 Å². The number of rotatable bonds is 2. The predicted molar refractivity (Wildman–Crippen MR) is 77.6 cm³/mol. The van der Waals surface area contributed by atoms with Gasteiger partial charge in [-0.2, -0.15) is 5.10 Å². The molecule has 2 aromatic rings. The number of hydrogen-bond acceptors (Lipinski definition) is 2. The van der Waals surface area contributed by atoms with Crippen LogP contribution in [-0.4, -0.2) is 38.8 Å². The molecule has 0 bridgehead atoms. The standard InChI is InChI=1S/C14H16BrN3O/c15-8-11-4-3-6-17(10-11)14(19)12-9-16-18-7-2-1-5-13(12)18/h1-2,5,7,9,11H,3-4,6,8,10H2. The Morgan fingerprint density at radius 3 is 3.21 bits per heavy atom. The van der Waals surface area contributed by atoms with E-state index in [2.05, 4.69) is 21.0 Å². The van der Waals surface area contributed by atoms with Gasteiger partial charge in [-0.25, -0.2) is 4.52 Å². The Morgan fingerprint density at radius 2 is 2.37 bits per heavy atom. The van der Waals surface area contributed by atoms with Crippen molar-refractivity contribution >= 4 is 27.4 Å². The van der Waals surface area contributed by atoms with Crippen LogP contribution < -0.4 is 0 Å². The lowest BCUT2D eigenvalue weighted by atomic mass is 9.99. The fraction of sp³-hybridized carbons (Fsp3) is 0.429. The van der Waals surface area contributed by atoms with Gasteiger partial charge in [0.2, 0.25) is 0 Å². The van der Waals surface area contributed by atoms with Crippen LogP contribution >= 0.6 is 15.9 Å². The lowest BCUT2D eigenvalue weighted by Crippen LogP contribution is -2.40. The largest absolute Gasteiger partial charge is 0.338 e. The molecule has 5 heteroatoms. The summed E-state index contributed by atoms with van der Waals surface area (Å²) in [5.74, 6) is 0.673. The molecule has 1 aliphatic heterocycles. The summed E-state index contributed by atoms with van der Waals surface area (Å²) in [5.41, 5.74) is 1.59. The number of carbonyl (C=O) groups excluding carboxylic acids is 1. The molecule has 3 rings (SSSR count). The van der Waals surface area contributed by atoms with Crippen LogP contribution in [0.3, 0.4) is 0 Å². The second-order valence-corrected chi connectivity index (χ2v) is 5.65. The Hall–Kier alpha value is -1.36. The summed E-state index contributed by atoms with van der Waals surface area (Å²) < 4.78 is 1.75. The summed E-state index contributed by atoms with van der Waals surface area (Å²) in [6.07, 6.45) is 5.82. The van der Waals surface area contributed by atoms with Crippen molar-refractivity contribution in [3.05, 3.63) is 36.2 Å². The highest BCUT2D eigenvalue weighted by molar-refractivity contribution is 9.09. The number of aromatic nitrogens is 2. The molecule has 4 nitrogen and oxygen atoms in total. The molecule has 1 fully saturated rings. The molecule has 0 aromatic carbocycles. The Kier molecular flexibility index (Phi) is 3.55. The second kappa shape index (κ2) is 5.33. The van der Waals surface area contributed by atoms with Crippen LogP contribution in [-0.2, 0) is 0 Å². The third kappa shape index (κ3) is 2.39. The van der Waals surface area contributed by atoms with Crippen molar-refractivity contribution in [1.29, 1.82) is 0 Å². The number of alkyl halides is 1. The third-order valence-corrected chi connectivity index (χ3v) is 4.60. The minimum Gasteiger partial charge on any atom is -0.338 e. The zero-order valence-electron chi connectivity index (χ0n) is 10.6. The minimum absolute atomic E-state index is 0.104. The van der Waals surface area contributed by atoms with Gasteiger partial charge in [-0.15, -0.1) is 0 Å². The summed E-state index contributed by atoms with van der Waals surface area (Å²) in [7, 11) is 0. The Labute approximate surface area is 120 Å². The topological polar surface area (TPSA) is 37.6 Å². The van der Waals surface area contributed by atoms with Gasteiger partial charge in [0.1, 0.15) is 0 Å². The highest BCUT2D eigenvalue weighted by atomic mass is 79.9. The molecule has 1 aliphatic rings. The van der Waals surface area contributed by atoms with Gasteiger partial charge in [-0.05, 0) is 30.9 Å². The van der Waals surface area contributed by atoms with E-state index in [0.29, 0.717) is 11.5 Å². The normalized spacial score (nSPS) is 19.8. The molecule has 1 amide bonds. The van der Waals surface area contributed by atoms with Crippen LogP contribution in [0.1, 0.15) is 23.2 Å². The third-order valence-electron chi connectivity index (χ3n) is 3.68. The first-order valence-corrected chi connectivity index (χ1v) is 7.69. The monoisotopic (exact) mass is 321 g/mol. The van der Waals surface area contributed by atoms with E-state index in [-0.39, 0.29) is 5.91 Å². The van der Waals surface area contributed by atoms with Crippen LogP contribution in [0.4, 0.5) is 0 Å². The van der Waals surface area contributed by atoms with Crippen molar-refractivity contribution in [2.75, 3.05) is 18.4 Å². The van der Waals surface area contributed by atoms with Gasteiger partial charge < -0.3 is 4.90 Å². The van der Waals surface area contributed by atoms with Crippen molar-refractivity contribution in [3.63, 3.8) is 0 Å². The molecule has 100 valence electrons. The SMILES string of the molecule is O=C(c1cnn2ccccc12)N1CCCC(CBr)C1. The number of amides is 1. The minimum atomic E-state index is 0.104. The van der Waals surface area contributed by atoms with Crippen molar-refractivity contribution in [1.82, 2.24) is 14.5 Å². The van der Waals surface area contributed by atoms with Gasteiger partial charge in [0.25, 0.3) is 5.91 Å². The summed E-state index contributed by atoms with van der Waals surface area (Å²) in [6.45, 7) is 1.70. The Morgan fingerprint density at radius 1 is 1.47 bits per heavy atom. The zero-order valence-corrected chi connectivity index (χ0v) is 12.2. The van der Waals surface area contributed by atoms with E-state index in [4.69, 9.17) is 0 Å². The zero-order chi connectivity index (χ0) is 13.2. The number of pyridine rings is 1. The van der Waals surface area contributed by atoms with E-state index in [9.17, 15) is 4.79 Å². The van der Waals surface area contributed by atoms with Crippen LogP contribution in [0.15, 0.2) is 30.6 Å². The molecule has 1 atom stereocenters. The molecule has 0 N–H and O–H groups in total. The smallest absolute Gasteiger partial charge is 0.257 e. The maximum Gasteiger partial charge on any atom is 0.257 e. The van der Waals surface area contributed by atoms with Gasteiger partial charge in [0.05, 0.1) is 17.3 Å². The van der Waals surface area contributed by atoms with Crippen LogP contribution in [0.5, 0.6) is 0 Å². The molecule has 0 saturated carbocycles. The number of hydrogen-bond donors (Lipinski definition) is 0. The molecular formula is C14H16BrN3O. The summed E-state index contributed by atoms with van der Waals surface area (Å²) in [6, 6.07) is 5.79. The van der Waals surface area contributed by atoms with Gasteiger partial charge in [0.15, 0.2) is 0 Å². The highest BCUT2D eigenvalue weighted by Crippen LogP contribution is 2.21. The molecule has 19 heavy (non-hydrogen) atoms. The number of carbonyl (C=O) groups is 1. The van der Waals surface area contributed by atoms with Gasteiger partial charge in [-0.3, -0.25) is 4.79 Å². The first kappa shape index (κ1) is 12.7. The average Bonchev–Trinajstić information content (AvgIpc) is 2.90. The lowest BCUT2D eigenvalue weighted by molar-refractivity contribution is 0.0688. The fourth-order valence-corrected chi connectivity index (χ4v) is 3.17. The van der Waals surface area contributed by atoms with Crippen molar-refractivity contribution in [3.8, 4) is 0 Å². The molecule has 0 spiro atoms. The first-order chi connectivity index (χ1) is 9.29. The maximum atomic E-state index is 12.6. The lowest BCUT2D eigenvalue weighted by Gasteiger charge is -2.31. The van der Waals surface area contributed by atoms with Crippen LogP contribution in [0, 0.1) is 5.92 Å². The Bertz CT molecular complexity index is 595. The Balaban J connectivity index is 1.87. The molecule has 2 aromatic heterocycles. The van der Waals surface area contributed by atoms with Crippen LogP contribution in [0.2, 0.25) is 0 Å². The maximum absolute atomic E-state index is 12.6. The first-order valence-electron chi connectivity index (χ1n) is 6.57. The van der Waals surface area contributed by atoms with E-state index in [1.807, 2.05) is 29.3 Å². The average molecular weight is 322 g/mol. The molecule has 1 saturated heterocycles. The quantitative estimate of drug-likeness (QED) is 0.797. The number of halogens is 1.